The van der Waals surface area contributed by atoms with E-state index in [0.717, 1.165) is 19.4 Å². The fourth-order valence-corrected chi connectivity index (χ4v) is 2.90. The van der Waals surface area contributed by atoms with E-state index in [9.17, 15) is 0 Å². The molecular weight excluding hydrogens is 254 g/mol. The minimum Gasteiger partial charge on any atom is -0.310 e. The van der Waals surface area contributed by atoms with Gasteiger partial charge in [0.2, 0.25) is 0 Å². The molecule has 112 valence electrons. The molecular formula is C20H27N. The van der Waals surface area contributed by atoms with E-state index in [4.69, 9.17) is 0 Å². The Balaban J connectivity index is 2.21. The summed E-state index contributed by atoms with van der Waals surface area (Å²) in [6.45, 7) is 9.74. The van der Waals surface area contributed by atoms with E-state index in [1.165, 1.54) is 27.8 Å². The number of likely N-dealkylation sites (N-methyl/N-ethyl adjacent to an activating group) is 1. The zero-order valence-corrected chi connectivity index (χ0v) is 13.7. The second kappa shape index (κ2) is 7.42. The molecule has 2 aromatic carbocycles. The van der Waals surface area contributed by atoms with Crippen molar-refractivity contribution in [3.05, 3.63) is 70.3 Å². The average Bonchev–Trinajstić information content (AvgIpc) is 2.48. The molecule has 0 bridgehead atoms. The molecule has 0 fully saturated rings. The van der Waals surface area contributed by atoms with Gasteiger partial charge in [-0.05, 0) is 55.5 Å². The quantitative estimate of drug-likeness (QED) is 0.805. The highest BCUT2D eigenvalue weighted by Gasteiger charge is 2.13. The summed E-state index contributed by atoms with van der Waals surface area (Å²) in [4.78, 5) is 0. The molecule has 1 N–H and O–H groups in total. The van der Waals surface area contributed by atoms with Crippen LogP contribution in [0.4, 0.5) is 0 Å². The summed E-state index contributed by atoms with van der Waals surface area (Å²) in [7, 11) is 0. The summed E-state index contributed by atoms with van der Waals surface area (Å²) in [5.74, 6) is 0. The summed E-state index contributed by atoms with van der Waals surface area (Å²) < 4.78 is 0. The van der Waals surface area contributed by atoms with Gasteiger partial charge in [0, 0.05) is 6.04 Å². The van der Waals surface area contributed by atoms with Crippen molar-refractivity contribution in [2.75, 3.05) is 6.54 Å². The van der Waals surface area contributed by atoms with Gasteiger partial charge in [0.1, 0.15) is 0 Å². The summed E-state index contributed by atoms with van der Waals surface area (Å²) in [6.07, 6.45) is 2.15. The van der Waals surface area contributed by atoms with Gasteiger partial charge in [0.15, 0.2) is 0 Å². The normalized spacial score (nSPS) is 12.4. The average molecular weight is 281 g/mol. The van der Waals surface area contributed by atoms with Crippen molar-refractivity contribution in [1.29, 1.82) is 0 Å². The highest BCUT2D eigenvalue weighted by atomic mass is 14.9. The Morgan fingerprint density at radius 3 is 2.14 bits per heavy atom. The molecule has 2 rings (SSSR count). The Morgan fingerprint density at radius 2 is 1.57 bits per heavy atom. The van der Waals surface area contributed by atoms with E-state index >= 15 is 0 Å². The monoisotopic (exact) mass is 281 g/mol. The van der Waals surface area contributed by atoms with Gasteiger partial charge in [0.25, 0.3) is 0 Å². The maximum atomic E-state index is 3.64. The van der Waals surface area contributed by atoms with Crippen LogP contribution in [0.15, 0.2) is 42.5 Å². The van der Waals surface area contributed by atoms with Gasteiger partial charge in [-0.25, -0.2) is 0 Å². The molecule has 0 aromatic heterocycles. The molecule has 0 radical (unpaired) electrons. The van der Waals surface area contributed by atoms with Crippen LogP contribution in [-0.4, -0.2) is 6.54 Å². The Kier molecular flexibility index (Phi) is 5.58. The van der Waals surface area contributed by atoms with Crippen molar-refractivity contribution in [2.45, 2.75) is 46.6 Å². The number of rotatable bonds is 6. The first-order valence-electron chi connectivity index (χ1n) is 8.02. The predicted octanol–water partition coefficient (Wildman–Crippen LogP) is 4.76. The molecule has 0 saturated carbocycles. The smallest absolute Gasteiger partial charge is 0.0363 e. The molecule has 0 heterocycles. The van der Waals surface area contributed by atoms with Crippen molar-refractivity contribution >= 4 is 0 Å². The van der Waals surface area contributed by atoms with Crippen LogP contribution in [0.3, 0.4) is 0 Å². The predicted molar refractivity (Wildman–Crippen MR) is 91.9 cm³/mol. The van der Waals surface area contributed by atoms with E-state index in [0.29, 0.717) is 6.04 Å². The first-order valence-corrected chi connectivity index (χ1v) is 8.02. The Morgan fingerprint density at radius 1 is 0.905 bits per heavy atom. The molecule has 21 heavy (non-hydrogen) atoms. The van der Waals surface area contributed by atoms with Crippen LogP contribution < -0.4 is 5.32 Å². The lowest BCUT2D eigenvalue weighted by molar-refractivity contribution is 0.547. The summed E-state index contributed by atoms with van der Waals surface area (Å²) >= 11 is 0. The third kappa shape index (κ3) is 4.18. The number of aryl methyl sites for hydroxylation is 3. The first kappa shape index (κ1) is 15.8. The van der Waals surface area contributed by atoms with Gasteiger partial charge >= 0.3 is 0 Å². The fraction of sp³-hybridized carbons (Fsp3) is 0.400. The van der Waals surface area contributed by atoms with Crippen molar-refractivity contribution < 1.29 is 0 Å². The minimum absolute atomic E-state index is 0.392. The van der Waals surface area contributed by atoms with Crippen LogP contribution in [0.25, 0.3) is 0 Å². The lowest BCUT2D eigenvalue weighted by atomic mass is 9.93. The van der Waals surface area contributed by atoms with Gasteiger partial charge < -0.3 is 5.32 Å². The fourth-order valence-electron chi connectivity index (χ4n) is 2.90. The summed E-state index contributed by atoms with van der Waals surface area (Å²) in [5, 5.41) is 3.64. The molecule has 0 aliphatic carbocycles. The molecule has 0 amide bonds. The molecule has 2 aromatic rings. The zero-order chi connectivity index (χ0) is 15.2. The van der Waals surface area contributed by atoms with E-state index in [-0.39, 0.29) is 0 Å². The van der Waals surface area contributed by atoms with E-state index in [1.807, 2.05) is 0 Å². The number of nitrogens with one attached hydrogen (secondary N) is 1. The van der Waals surface area contributed by atoms with Crippen LogP contribution in [-0.2, 0) is 12.8 Å². The van der Waals surface area contributed by atoms with Gasteiger partial charge in [-0.15, -0.1) is 0 Å². The SMILES string of the molecule is CCNC(Cc1ccc(CC)cc1)c1ccc(C)cc1C. The van der Waals surface area contributed by atoms with E-state index < -0.39 is 0 Å². The second-order valence-corrected chi connectivity index (χ2v) is 5.84. The topological polar surface area (TPSA) is 12.0 Å². The molecule has 0 saturated heterocycles. The van der Waals surface area contributed by atoms with Crippen molar-refractivity contribution in [1.82, 2.24) is 5.32 Å². The molecule has 1 heteroatoms. The maximum Gasteiger partial charge on any atom is 0.0363 e. The molecule has 0 aliphatic heterocycles. The number of benzene rings is 2. The summed E-state index contributed by atoms with van der Waals surface area (Å²) in [5.41, 5.74) is 6.94. The van der Waals surface area contributed by atoms with Gasteiger partial charge in [-0.1, -0.05) is 61.9 Å². The van der Waals surface area contributed by atoms with Crippen LogP contribution in [0.5, 0.6) is 0 Å². The second-order valence-electron chi connectivity index (χ2n) is 5.84. The third-order valence-corrected chi connectivity index (χ3v) is 4.12. The lowest BCUT2D eigenvalue weighted by Gasteiger charge is -2.21. The largest absolute Gasteiger partial charge is 0.310 e. The van der Waals surface area contributed by atoms with Gasteiger partial charge in [-0.2, -0.15) is 0 Å². The Bertz CT molecular complexity index is 569. The Labute approximate surface area is 129 Å². The highest BCUT2D eigenvalue weighted by Crippen LogP contribution is 2.23. The van der Waals surface area contributed by atoms with Crippen LogP contribution in [0.2, 0.25) is 0 Å². The lowest BCUT2D eigenvalue weighted by Crippen LogP contribution is -2.23. The van der Waals surface area contributed by atoms with Gasteiger partial charge in [-0.3, -0.25) is 0 Å². The van der Waals surface area contributed by atoms with Crippen LogP contribution in [0.1, 0.15) is 47.7 Å². The highest BCUT2D eigenvalue weighted by molar-refractivity contribution is 5.34. The maximum absolute atomic E-state index is 3.64. The molecule has 1 unspecified atom stereocenters. The standard InChI is InChI=1S/C20H27N/c1-5-17-8-10-18(11-9-17)14-20(21-6-2)19-12-7-15(3)13-16(19)4/h7-13,20-21H,5-6,14H2,1-4H3. The number of hydrogen-bond donors (Lipinski definition) is 1. The van der Waals surface area contributed by atoms with Crippen LogP contribution in [0, 0.1) is 13.8 Å². The van der Waals surface area contributed by atoms with Crippen molar-refractivity contribution in [3.63, 3.8) is 0 Å². The molecule has 1 atom stereocenters. The Hall–Kier alpha value is -1.60. The zero-order valence-electron chi connectivity index (χ0n) is 13.7. The van der Waals surface area contributed by atoms with E-state index in [2.05, 4.69) is 75.5 Å². The molecule has 0 aliphatic rings. The third-order valence-electron chi connectivity index (χ3n) is 4.12. The van der Waals surface area contributed by atoms with Gasteiger partial charge in [0.05, 0.1) is 0 Å². The van der Waals surface area contributed by atoms with Crippen LogP contribution >= 0.6 is 0 Å². The summed E-state index contributed by atoms with van der Waals surface area (Å²) in [6, 6.07) is 16.2. The number of hydrogen-bond acceptors (Lipinski definition) is 1. The minimum atomic E-state index is 0.392. The first-order chi connectivity index (χ1) is 10.1. The molecule has 1 nitrogen and oxygen atoms in total. The van der Waals surface area contributed by atoms with Crippen molar-refractivity contribution in [2.24, 2.45) is 0 Å². The molecule has 0 spiro atoms. The van der Waals surface area contributed by atoms with Crippen molar-refractivity contribution in [3.8, 4) is 0 Å². The van der Waals surface area contributed by atoms with E-state index in [1.54, 1.807) is 0 Å².